The van der Waals surface area contributed by atoms with Crippen LogP contribution in [0, 0.1) is 11.6 Å². The zero-order valence-electron chi connectivity index (χ0n) is 15.8. The third-order valence-electron chi connectivity index (χ3n) is 4.44. The first-order valence-corrected chi connectivity index (χ1v) is 9.90. The van der Waals surface area contributed by atoms with Gasteiger partial charge < -0.3 is 0 Å². The third-order valence-corrected chi connectivity index (χ3v) is 5.47. The standard InChI is InChI=1S/C21H18F2N4OS/c1-13(2)27-17(8-9-24-27)20(28)26(12-14-6-4-3-5-7-14)21-25-19-16(23)10-15(22)11-18(19)29-21/h3-11,13H,12H2,1-2H3. The minimum atomic E-state index is -0.748. The Morgan fingerprint density at radius 2 is 1.93 bits per heavy atom. The van der Waals surface area contributed by atoms with E-state index < -0.39 is 11.6 Å². The van der Waals surface area contributed by atoms with Gasteiger partial charge in [-0.15, -0.1) is 0 Å². The largest absolute Gasteiger partial charge is 0.278 e. The van der Waals surface area contributed by atoms with Crippen molar-refractivity contribution in [2.75, 3.05) is 4.90 Å². The number of benzene rings is 2. The molecule has 0 unspecified atom stereocenters. The van der Waals surface area contributed by atoms with E-state index in [0.29, 0.717) is 15.5 Å². The maximum absolute atomic E-state index is 14.2. The second-order valence-corrected chi connectivity index (χ2v) is 7.87. The van der Waals surface area contributed by atoms with Gasteiger partial charge in [-0.2, -0.15) is 5.10 Å². The smallest absolute Gasteiger partial charge is 0.278 e. The summed E-state index contributed by atoms with van der Waals surface area (Å²) in [4.78, 5) is 19.2. The average Bonchev–Trinajstić information content (AvgIpc) is 3.33. The highest BCUT2D eigenvalue weighted by Crippen LogP contribution is 2.33. The number of amides is 1. The molecule has 2 heterocycles. The molecule has 4 aromatic rings. The Bertz CT molecular complexity index is 1170. The monoisotopic (exact) mass is 412 g/mol. The van der Waals surface area contributed by atoms with E-state index in [-0.39, 0.29) is 24.0 Å². The summed E-state index contributed by atoms with van der Waals surface area (Å²) in [7, 11) is 0. The van der Waals surface area contributed by atoms with Gasteiger partial charge >= 0.3 is 0 Å². The fourth-order valence-electron chi connectivity index (χ4n) is 3.09. The number of aromatic nitrogens is 3. The van der Waals surface area contributed by atoms with Gasteiger partial charge in [-0.3, -0.25) is 14.4 Å². The predicted octanol–water partition coefficient (Wildman–Crippen LogP) is 5.20. The van der Waals surface area contributed by atoms with Gasteiger partial charge in [0.1, 0.15) is 17.0 Å². The minimum absolute atomic E-state index is 0.00978. The SMILES string of the molecule is CC(C)n1nccc1C(=O)N(Cc1ccccc1)c1nc2c(F)cc(F)cc2s1. The average molecular weight is 412 g/mol. The Labute approximate surface area is 170 Å². The van der Waals surface area contributed by atoms with Gasteiger partial charge in [0, 0.05) is 18.3 Å². The molecule has 29 heavy (non-hydrogen) atoms. The molecular formula is C21H18F2N4OS. The molecule has 0 aliphatic heterocycles. The molecule has 148 valence electrons. The van der Waals surface area contributed by atoms with Crippen molar-refractivity contribution in [3.05, 3.63) is 77.6 Å². The van der Waals surface area contributed by atoms with Crippen LogP contribution in [0.5, 0.6) is 0 Å². The van der Waals surface area contributed by atoms with Crippen molar-refractivity contribution in [3.63, 3.8) is 0 Å². The quantitative estimate of drug-likeness (QED) is 0.453. The summed E-state index contributed by atoms with van der Waals surface area (Å²) in [6, 6.07) is 13.1. The topological polar surface area (TPSA) is 51.0 Å². The van der Waals surface area contributed by atoms with Gasteiger partial charge in [0.15, 0.2) is 10.9 Å². The first kappa shape index (κ1) is 19.2. The maximum atomic E-state index is 14.2. The van der Waals surface area contributed by atoms with Crippen LogP contribution in [0.4, 0.5) is 13.9 Å². The molecular weight excluding hydrogens is 394 g/mol. The van der Waals surface area contributed by atoms with Gasteiger partial charge in [-0.25, -0.2) is 13.8 Å². The Balaban J connectivity index is 1.81. The molecule has 2 aromatic carbocycles. The molecule has 0 aliphatic carbocycles. The van der Waals surface area contributed by atoms with Crippen molar-refractivity contribution in [1.29, 1.82) is 0 Å². The van der Waals surface area contributed by atoms with Crippen LogP contribution in [0.1, 0.15) is 35.9 Å². The van der Waals surface area contributed by atoms with E-state index in [2.05, 4.69) is 10.1 Å². The van der Waals surface area contributed by atoms with E-state index in [1.54, 1.807) is 16.9 Å². The van der Waals surface area contributed by atoms with E-state index in [1.807, 2.05) is 44.2 Å². The Morgan fingerprint density at radius 3 is 2.66 bits per heavy atom. The molecule has 4 rings (SSSR count). The summed E-state index contributed by atoms with van der Waals surface area (Å²) in [6.45, 7) is 4.11. The fourth-order valence-corrected chi connectivity index (χ4v) is 4.09. The minimum Gasteiger partial charge on any atom is -0.278 e. The Hall–Kier alpha value is -3.13. The van der Waals surface area contributed by atoms with Crippen molar-refractivity contribution in [1.82, 2.24) is 14.8 Å². The van der Waals surface area contributed by atoms with Crippen molar-refractivity contribution >= 4 is 32.6 Å². The predicted molar refractivity (Wildman–Crippen MR) is 109 cm³/mol. The molecule has 0 N–H and O–H groups in total. The van der Waals surface area contributed by atoms with Crippen LogP contribution < -0.4 is 4.90 Å². The lowest BCUT2D eigenvalue weighted by Crippen LogP contribution is -2.32. The van der Waals surface area contributed by atoms with E-state index in [4.69, 9.17) is 0 Å². The lowest BCUT2D eigenvalue weighted by atomic mass is 10.2. The number of fused-ring (bicyclic) bond motifs is 1. The highest BCUT2D eigenvalue weighted by molar-refractivity contribution is 7.22. The van der Waals surface area contributed by atoms with Crippen molar-refractivity contribution < 1.29 is 13.6 Å². The number of carbonyl (C=O) groups is 1. The third kappa shape index (κ3) is 3.75. The Morgan fingerprint density at radius 1 is 1.17 bits per heavy atom. The van der Waals surface area contributed by atoms with Gasteiger partial charge in [-0.1, -0.05) is 41.7 Å². The molecule has 0 radical (unpaired) electrons. The summed E-state index contributed by atoms with van der Waals surface area (Å²) < 4.78 is 29.8. The molecule has 0 aliphatic rings. The number of hydrogen-bond donors (Lipinski definition) is 0. The Kier molecular flexibility index (Phi) is 5.10. The van der Waals surface area contributed by atoms with E-state index in [9.17, 15) is 13.6 Å². The highest BCUT2D eigenvalue weighted by Gasteiger charge is 2.26. The number of nitrogens with zero attached hydrogens (tertiary/aromatic N) is 4. The molecule has 0 saturated heterocycles. The first-order chi connectivity index (χ1) is 13.9. The normalized spacial score (nSPS) is 11.3. The van der Waals surface area contributed by atoms with Crippen LogP contribution in [0.25, 0.3) is 10.2 Å². The van der Waals surface area contributed by atoms with E-state index >= 15 is 0 Å². The number of thiazole rings is 1. The van der Waals surface area contributed by atoms with Gasteiger partial charge in [0.2, 0.25) is 0 Å². The molecule has 8 heteroatoms. The van der Waals surface area contributed by atoms with Crippen LogP contribution in [-0.4, -0.2) is 20.7 Å². The number of anilines is 1. The van der Waals surface area contributed by atoms with Crippen molar-refractivity contribution in [2.24, 2.45) is 0 Å². The van der Waals surface area contributed by atoms with E-state index in [0.717, 1.165) is 23.0 Å². The molecule has 0 fully saturated rings. The number of carbonyl (C=O) groups excluding carboxylic acids is 1. The molecule has 1 amide bonds. The van der Waals surface area contributed by atoms with Crippen molar-refractivity contribution in [2.45, 2.75) is 26.4 Å². The molecule has 5 nitrogen and oxygen atoms in total. The molecule has 0 spiro atoms. The molecule has 0 bridgehead atoms. The highest BCUT2D eigenvalue weighted by atomic mass is 32.1. The van der Waals surface area contributed by atoms with E-state index in [1.165, 1.54) is 11.0 Å². The second-order valence-electron chi connectivity index (χ2n) is 6.86. The van der Waals surface area contributed by atoms with Crippen LogP contribution in [0.3, 0.4) is 0 Å². The number of halogens is 2. The fraction of sp³-hybridized carbons (Fsp3) is 0.190. The summed E-state index contributed by atoms with van der Waals surface area (Å²) in [5.41, 5.74) is 1.35. The summed E-state index contributed by atoms with van der Waals surface area (Å²) in [5, 5.41) is 4.53. The molecule has 2 aromatic heterocycles. The maximum Gasteiger partial charge on any atom is 0.278 e. The lowest BCUT2D eigenvalue weighted by Gasteiger charge is -2.21. The zero-order chi connectivity index (χ0) is 20.5. The second kappa shape index (κ2) is 7.71. The number of rotatable bonds is 5. The van der Waals surface area contributed by atoms with Gasteiger partial charge in [-0.05, 0) is 31.5 Å². The lowest BCUT2D eigenvalue weighted by molar-refractivity contribution is 0.0973. The van der Waals surface area contributed by atoms with Crippen LogP contribution in [0.15, 0.2) is 54.7 Å². The van der Waals surface area contributed by atoms with Gasteiger partial charge in [0.25, 0.3) is 5.91 Å². The summed E-state index contributed by atoms with van der Waals surface area (Å²) in [6.07, 6.45) is 1.57. The number of hydrogen-bond acceptors (Lipinski definition) is 4. The summed E-state index contributed by atoms with van der Waals surface area (Å²) >= 11 is 1.08. The van der Waals surface area contributed by atoms with Crippen LogP contribution >= 0.6 is 11.3 Å². The van der Waals surface area contributed by atoms with Crippen LogP contribution in [0.2, 0.25) is 0 Å². The summed E-state index contributed by atoms with van der Waals surface area (Å²) in [5.74, 6) is -1.73. The van der Waals surface area contributed by atoms with Crippen LogP contribution in [-0.2, 0) is 6.54 Å². The zero-order valence-corrected chi connectivity index (χ0v) is 16.7. The molecule has 0 atom stereocenters. The van der Waals surface area contributed by atoms with Gasteiger partial charge in [0.05, 0.1) is 11.2 Å². The van der Waals surface area contributed by atoms with Crippen molar-refractivity contribution in [3.8, 4) is 0 Å². The first-order valence-electron chi connectivity index (χ1n) is 9.09. The molecule has 0 saturated carbocycles.